The molecular formula is C30H29F3N8O2. The van der Waals surface area contributed by atoms with Gasteiger partial charge >= 0.3 is 6.18 Å². The highest BCUT2D eigenvalue weighted by molar-refractivity contribution is 6.04. The Morgan fingerprint density at radius 2 is 1.81 bits per heavy atom. The van der Waals surface area contributed by atoms with E-state index < -0.39 is 17.6 Å². The Labute approximate surface area is 245 Å². The molecule has 0 bridgehead atoms. The van der Waals surface area contributed by atoms with Crippen molar-refractivity contribution in [1.29, 1.82) is 5.41 Å². The number of alkyl halides is 3. The number of piperazine rings is 1. The molecule has 2 aromatic carbocycles. The summed E-state index contributed by atoms with van der Waals surface area (Å²) in [6, 6.07) is 13.3. The molecule has 0 spiro atoms. The first kappa shape index (κ1) is 29.6. The van der Waals surface area contributed by atoms with Crippen molar-refractivity contribution in [2.24, 2.45) is 0 Å². The second kappa shape index (κ2) is 12.5. The van der Waals surface area contributed by atoms with Crippen LogP contribution in [0.3, 0.4) is 0 Å². The first-order valence-electron chi connectivity index (χ1n) is 13.4. The number of benzene rings is 2. The van der Waals surface area contributed by atoms with E-state index in [0.717, 1.165) is 25.4 Å². The van der Waals surface area contributed by atoms with Crippen LogP contribution in [0.15, 0.2) is 67.0 Å². The molecule has 0 atom stereocenters. The van der Waals surface area contributed by atoms with E-state index in [1.165, 1.54) is 18.2 Å². The molecule has 4 aromatic rings. The number of nitrogens with one attached hydrogen (secondary N) is 2. The van der Waals surface area contributed by atoms with Crippen LogP contribution in [0.1, 0.15) is 27.0 Å². The van der Waals surface area contributed by atoms with Crippen molar-refractivity contribution in [2.45, 2.75) is 12.7 Å². The molecule has 13 heteroatoms. The normalized spacial score (nSPS) is 14.3. The summed E-state index contributed by atoms with van der Waals surface area (Å²) in [5, 5.41) is 10.4. The molecule has 1 aliphatic heterocycles. The monoisotopic (exact) mass is 590 g/mol. The number of nitrogens with two attached hydrogens (primary N) is 1. The zero-order valence-corrected chi connectivity index (χ0v) is 23.2. The molecule has 0 radical (unpaired) electrons. The van der Waals surface area contributed by atoms with Gasteiger partial charge in [0.05, 0.1) is 11.1 Å². The molecule has 0 unspecified atom stereocenters. The Morgan fingerprint density at radius 3 is 2.51 bits per heavy atom. The number of halogens is 3. The van der Waals surface area contributed by atoms with Crippen LogP contribution < -0.4 is 15.8 Å². The average Bonchev–Trinajstić information content (AvgIpc) is 2.98. The summed E-state index contributed by atoms with van der Waals surface area (Å²) in [4.78, 5) is 29.8. The van der Waals surface area contributed by atoms with Gasteiger partial charge in [-0.15, -0.1) is 0 Å². The predicted molar refractivity (Wildman–Crippen MR) is 156 cm³/mol. The average molecular weight is 591 g/mol. The van der Waals surface area contributed by atoms with Crippen LogP contribution >= 0.6 is 0 Å². The lowest BCUT2D eigenvalue weighted by Gasteiger charge is -2.33. The molecule has 0 saturated carbocycles. The number of nitrogens with zero attached hydrogens (tertiary/aromatic N) is 5. The summed E-state index contributed by atoms with van der Waals surface area (Å²) in [6.45, 7) is 3.05. The van der Waals surface area contributed by atoms with E-state index in [1.807, 2.05) is 11.9 Å². The van der Waals surface area contributed by atoms with Crippen LogP contribution in [0.4, 0.5) is 24.7 Å². The van der Waals surface area contributed by atoms with Gasteiger partial charge in [0.25, 0.3) is 5.91 Å². The first-order valence-corrected chi connectivity index (χ1v) is 13.4. The molecular weight excluding hydrogens is 561 g/mol. The molecule has 1 aliphatic rings. The first-order chi connectivity index (χ1) is 20.6. The Hall–Kier alpha value is -4.88. The summed E-state index contributed by atoms with van der Waals surface area (Å²) in [5.74, 6) is -0.142. The molecule has 10 nitrogen and oxygen atoms in total. The van der Waals surface area contributed by atoms with Crippen LogP contribution in [0.25, 0.3) is 11.4 Å². The van der Waals surface area contributed by atoms with Gasteiger partial charge in [-0.25, -0.2) is 4.98 Å². The summed E-state index contributed by atoms with van der Waals surface area (Å²) >= 11 is 0. The van der Waals surface area contributed by atoms with Crippen molar-refractivity contribution in [3.63, 3.8) is 0 Å². The largest absolute Gasteiger partial charge is 0.438 e. The highest BCUT2D eigenvalue weighted by Crippen LogP contribution is 2.34. The lowest BCUT2D eigenvalue weighted by molar-refractivity contribution is -0.138. The maximum Gasteiger partial charge on any atom is 0.416 e. The van der Waals surface area contributed by atoms with Gasteiger partial charge in [0, 0.05) is 74.2 Å². The molecule has 1 saturated heterocycles. The molecule has 5 rings (SSSR count). The molecule has 222 valence electrons. The van der Waals surface area contributed by atoms with Gasteiger partial charge in [-0.3, -0.25) is 14.7 Å². The Kier molecular flexibility index (Phi) is 8.64. The van der Waals surface area contributed by atoms with Gasteiger partial charge in [0.2, 0.25) is 5.88 Å². The van der Waals surface area contributed by atoms with Crippen molar-refractivity contribution in [1.82, 2.24) is 24.8 Å². The maximum atomic E-state index is 14.0. The summed E-state index contributed by atoms with van der Waals surface area (Å²) < 4.78 is 47.9. The van der Waals surface area contributed by atoms with Crippen molar-refractivity contribution in [3.8, 4) is 23.0 Å². The third-order valence-electron chi connectivity index (χ3n) is 7.00. The molecule has 1 amide bonds. The summed E-state index contributed by atoms with van der Waals surface area (Å²) in [6.07, 6.45) is -0.499. The highest BCUT2D eigenvalue weighted by atomic mass is 19.4. The van der Waals surface area contributed by atoms with Gasteiger partial charge in [0.1, 0.15) is 11.6 Å². The molecule has 2 aromatic heterocycles. The number of carbonyl (C=O) groups excluding carboxylic acids is 1. The fourth-order valence-electron chi connectivity index (χ4n) is 4.63. The van der Waals surface area contributed by atoms with E-state index in [0.29, 0.717) is 18.7 Å². The van der Waals surface area contributed by atoms with E-state index >= 15 is 0 Å². The molecule has 0 aliphatic carbocycles. The number of carbonyl (C=O) groups is 1. The van der Waals surface area contributed by atoms with Crippen molar-refractivity contribution in [3.05, 3.63) is 89.2 Å². The number of aromatic nitrogens is 3. The van der Waals surface area contributed by atoms with Gasteiger partial charge < -0.3 is 26.1 Å². The van der Waals surface area contributed by atoms with E-state index in [1.54, 1.807) is 42.7 Å². The lowest BCUT2D eigenvalue weighted by Crippen LogP contribution is -2.44. The molecule has 3 heterocycles. The van der Waals surface area contributed by atoms with Crippen molar-refractivity contribution >= 4 is 23.6 Å². The third kappa shape index (κ3) is 7.13. The van der Waals surface area contributed by atoms with E-state index in [9.17, 15) is 18.0 Å². The van der Waals surface area contributed by atoms with Gasteiger partial charge in [-0.05, 0) is 49.0 Å². The number of ether oxygens (including phenoxy) is 1. The highest BCUT2D eigenvalue weighted by Gasteiger charge is 2.34. The SMILES string of the molecule is CN1CCN(Cc2ccc(C(=O)Nc3cccc(Oc4nc(-c5ccncc5)nc(N)c4C=N)c3)cc2C(F)(F)F)CC1. The lowest BCUT2D eigenvalue weighted by atomic mass is 10.0. The second-order valence-corrected chi connectivity index (χ2v) is 10.1. The number of rotatable bonds is 8. The Morgan fingerprint density at radius 1 is 1.07 bits per heavy atom. The number of hydrogen-bond acceptors (Lipinski definition) is 9. The minimum Gasteiger partial charge on any atom is -0.438 e. The molecule has 1 fully saturated rings. The van der Waals surface area contributed by atoms with Crippen molar-refractivity contribution < 1.29 is 22.7 Å². The number of pyridine rings is 1. The number of nitrogen functional groups attached to an aromatic ring is 1. The van der Waals surface area contributed by atoms with Crippen molar-refractivity contribution in [2.75, 3.05) is 44.3 Å². The predicted octanol–water partition coefficient (Wildman–Crippen LogP) is 4.93. The number of amides is 1. The summed E-state index contributed by atoms with van der Waals surface area (Å²) in [7, 11) is 1.98. The maximum absolute atomic E-state index is 14.0. The van der Waals surface area contributed by atoms with E-state index in [2.05, 4.69) is 25.2 Å². The standard InChI is InChI=1S/C30H29F3N8O2/c1-40-11-13-41(14-12-40)18-21-6-5-20(15-25(21)30(31,32)33)28(42)37-22-3-2-4-23(16-22)43-29-24(17-34)26(35)38-27(39-29)19-7-9-36-10-8-19/h2-10,15-17,34H,11-14,18H2,1H3,(H,37,42)(H2,35,38,39). The zero-order valence-electron chi connectivity index (χ0n) is 23.2. The fourth-order valence-corrected chi connectivity index (χ4v) is 4.63. The quantitative estimate of drug-likeness (QED) is 0.246. The van der Waals surface area contributed by atoms with Crippen LogP contribution in [0.2, 0.25) is 0 Å². The molecule has 43 heavy (non-hydrogen) atoms. The number of anilines is 2. The minimum absolute atomic E-state index is 0.0172. The van der Waals surface area contributed by atoms with Crippen LogP contribution in [-0.4, -0.2) is 70.1 Å². The van der Waals surface area contributed by atoms with Crippen LogP contribution in [-0.2, 0) is 12.7 Å². The zero-order chi connectivity index (χ0) is 30.6. The number of likely N-dealkylation sites (N-methyl/N-ethyl adjacent to an activating group) is 1. The van der Waals surface area contributed by atoms with E-state index in [-0.39, 0.29) is 52.2 Å². The Bertz CT molecular complexity index is 1620. The Balaban J connectivity index is 1.35. The smallest absolute Gasteiger partial charge is 0.416 e. The van der Waals surface area contributed by atoms with Gasteiger partial charge in [0.15, 0.2) is 5.82 Å². The molecule has 4 N–H and O–H groups in total. The topological polar surface area (TPSA) is 133 Å². The number of hydrogen-bond donors (Lipinski definition) is 3. The van der Waals surface area contributed by atoms with Gasteiger partial charge in [-0.2, -0.15) is 18.2 Å². The van der Waals surface area contributed by atoms with E-state index in [4.69, 9.17) is 15.9 Å². The summed E-state index contributed by atoms with van der Waals surface area (Å²) in [5.41, 5.74) is 6.30. The van der Waals surface area contributed by atoms with Crippen LogP contribution in [0.5, 0.6) is 11.6 Å². The van der Waals surface area contributed by atoms with Crippen LogP contribution in [0, 0.1) is 5.41 Å². The fraction of sp³-hybridized carbons (Fsp3) is 0.233. The third-order valence-corrected chi connectivity index (χ3v) is 7.00. The van der Waals surface area contributed by atoms with Gasteiger partial charge in [-0.1, -0.05) is 12.1 Å². The minimum atomic E-state index is -4.62. The second-order valence-electron chi connectivity index (χ2n) is 10.1.